The summed E-state index contributed by atoms with van der Waals surface area (Å²) in [4.78, 5) is 30.1. The van der Waals surface area contributed by atoms with Gasteiger partial charge in [-0.1, -0.05) is 12.1 Å². The molecule has 3 aromatic rings. The Morgan fingerprint density at radius 1 is 0.879 bits per heavy atom. The number of carbonyl (C=O) groups is 2. The van der Waals surface area contributed by atoms with Gasteiger partial charge < -0.3 is 19.9 Å². The second-order valence-corrected chi connectivity index (χ2v) is 7.84. The van der Waals surface area contributed by atoms with Crippen molar-refractivity contribution < 1.29 is 18.7 Å². The highest BCUT2D eigenvalue weighted by Crippen LogP contribution is 2.22. The number of para-hydroxylation sites is 1. The highest BCUT2D eigenvalue weighted by atomic mass is 19.1. The van der Waals surface area contributed by atoms with Crippen molar-refractivity contribution in [3.8, 4) is 5.75 Å². The molecule has 33 heavy (non-hydrogen) atoms. The fourth-order valence-electron chi connectivity index (χ4n) is 3.92. The van der Waals surface area contributed by atoms with Crippen molar-refractivity contribution in [1.29, 1.82) is 0 Å². The Hall–Kier alpha value is -3.87. The molecule has 170 valence electrons. The first-order valence-corrected chi connectivity index (χ1v) is 10.9. The molecule has 0 atom stereocenters. The lowest BCUT2D eigenvalue weighted by Crippen LogP contribution is -2.35. The number of methoxy groups -OCH3 is 1. The molecule has 1 fully saturated rings. The third-order valence-corrected chi connectivity index (χ3v) is 5.73. The van der Waals surface area contributed by atoms with Crippen molar-refractivity contribution in [3.63, 3.8) is 0 Å². The van der Waals surface area contributed by atoms with Crippen LogP contribution >= 0.6 is 0 Å². The van der Waals surface area contributed by atoms with E-state index in [9.17, 15) is 14.0 Å². The zero-order valence-electron chi connectivity index (χ0n) is 18.5. The number of nitrogens with one attached hydrogen (secondary N) is 1. The van der Waals surface area contributed by atoms with Crippen LogP contribution in [0.5, 0.6) is 5.75 Å². The number of carbonyl (C=O) groups excluding carboxylic acids is 2. The number of halogens is 1. The lowest BCUT2D eigenvalue weighted by Gasteiger charge is -2.24. The van der Waals surface area contributed by atoms with Crippen LogP contribution in [0.15, 0.2) is 72.8 Å². The summed E-state index contributed by atoms with van der Waals surface area (Å²) in [5, 5.41) is 2.87. The minimum Gasteiger partial charge on any atom is -0.497 e. The topological polar surface area (TPSA) is 61.9 Å². The summed E-state index contributed by atoms with van der Waals surface area (Å²) in [6.07, 6.45) is 0.795. The molecule has 6 nitrogen and oxygen atoms in total. The van der Waals surface area contributed by atoms with Crippen LogP contribution in [0.25, 0.3) is 0 Å². The molecule has 1 aliphatic heterocycles. The van der Waals surface area contributed by atoms with Crippen LogP contribution < -0.4 is 15.0 Å². The monoisotopic (exact) mass is 447 g/mol. The molecule has 0 aliphatic carbocycles. The van der Waals surface area contributed by atoms with Gasteiger partial charge in [0, 0.05) is 37.4 Å². The Morgan fingerprint density at radius 3 is 2.33 bits per heavy atom. The third kappa shape index (κ3) is 5.31. The van der Waals surface area contributed by atoms with Gasteiger partial charge in [0.1, 0.15) is 11.6 Å². The third-order valence-electron chi connectivity index (χ3n) is 5.73. The maximum absolute atomic E-state index is 13.4. The van der Waals surface area contributed by atoms with Crippen LogP contribution in [0.2, 0.25) is 0 Å². The first-order valence-electron chi connectivity index (χ1n) is 10.9. The van der Waals surface area contributed by atoms with E-state index in [1.807, 2.05) is 4.90 Å². The van der Waals surface area contributed by atoms with Gasteiger partial charge in [-0.15, -0.1) is 0 Å². The van der Waals surface area contributed by atoms with Crippen LogP contribution in [0.4, 0.5) is 15.8 Å². The molecule has 1 N–H and O–H groups in total. The van der Waals surface area contributed by atoms with Gasteiger partial charge in [0.2, 0.25) is 0 Å². The molecule has 0 saturated carbocycles. The quantitative estimate of drug-likeness (QED) is 0.628. The normalized spacial score (nSPS) is 13.9. The summed E-state index contributed by atoms with van der Waals surface area (Å²) in [5.41, 5.74) is 2.35. The summed E-state index contributed by atoms with van der Waals surface area (Å²) < 4.78 is 18.4. The van der Waals surface area contributed by atoms with E-state index in [-0.39, 0.29) is 17.6 Å². The van der Waals surface area contributed by atoms with Crippen molar-refractivity contribution >= 4 is 23.2 Å². The van der Waals surface area contributed by atoms with Crippen LogP contribution in [0.1, 0.15) is 27.1 Å². The highest BCUT2D eigenvalue weighted by Gasteiger charge is 2.23. The Balaban J connectivity index is 1.46. The number of benzene rings is 3. The zero-order valence-corrected chi connectivity index (χ0v) is 18.5. The molecule has 0 aromatic heterocycles. The smallest absolute Gasteiger partial charge is 0.256 e. The largest absolute Gasteiger partial charge is 0.497 e. The van der Waals surface area contributed by atoms with E-state index >= 15 is 0 Å². The van der Waals surface area contributed by atoms with Gasteiger partial charge in [0.25, 0.3) is 11.8 Å². The van der Waals surface area contributed by atoms with Gasteiger partial charge in [-0.25, -0.2) is 4.39 Å². The van der Waals surface area contributed by atoms with Gasteiger partial charge >= 0.3 is 0 Å². The van der Waals surface area contributed by atoms with E-state index < -0.39 is 0 Å². The van der Waals surface area contributed by atoms with E-state index in [1.165, 1.54) is 12.1 Å². The van der Waals surface area contributed by atoms with Gasteiger partial charge in [0.05, 0.1) is 18.4 Å². The Labute approximate surface area is 192 Å². The summed E-state index contributed by atoms with van der Waals surface area (Å²) >= 11 is 0. The van der Waals surface area contributed by atoms with E-state index in [4.69, 9.17) is 4.74 Å². The number of amides is 2. The van der Waals surface area contributed by atoms with Gasteiger partial charge in [-0.3, -0.25) is 9.59 Å². The van der Waals surface area contributed by atoms with E-state index in [0.717, 1.165) is 18.7 Å². The SMILES string of the molecule is COc1ccc(C(=O)Nc2ccccc2C(=O)N2CCCN(c3ccc(F)cc3)CC2)cc1. The average molecular weight is 448 g/mol. The lowest BCUT2D eigenvalue weighted by molar-refractivity contribution is 0.0768. The lowest BCUT2D eigenvalue weighted by atomic mass is 10.1. The number of nitrogens with zero attached hydrogens (tertiary/aromatic N) is 2. The Bertz CT molecular complexity index is 1120. The van der Waals surface area contributed by atoms with Crippen LogP contribution in [0, 0.1) is 5.82 Å². The van der Waals surface area contributed by atoms with E-state index in [1.54, 1.807) is 67.8 Å². The van der Waals surface area contributed by atoms with Gasteiger partial charge in [-0.2, -0.15) is 0 Å². The molecule has 0 unspecified atom stereocenters. The molecule has 0 bridgehead atoms. The Kier molecular flexibility index (Phi) is 6.88. The maximum atomic E-state index is 13.4. The van der Waals surface area contributed by atoms with Crippen molar-refractivity contribution in [2.24, 2.45) is 0 Å². The maximum Gasteiger partial charge on any atom is 0.256 e. The molecule has 7 heteroatoms. The van der Waals surface area contributed by atoms with Crippen molar-refractivity contribution in [2.75, 3.05) is 43.5 Å². The van der Waals surface area contributed by atoms with E-state index in [2.05, 4.69) is 10.2 Å². The van der Waals surface area contributed by atoms with Crippen LogP contribution in [-0.2, 0) is 0 Å². The molecule has 1 heterocycles. The number of hydrogen-bond donors (Lipinski definition) is 1. The molecule has 2 amide bonds. The zero-order chi connectivity index (χ0) is 23.2. The fourth-order valence-corrected chi connectivity index (χ4v) is 3.92. The van der Waals surface area contributed by atoms with E-state index in [0.29, 0.717) is 42.2 Å². The van der Waals surface area contributed by atoms with Crippen molar-refractivity contribution in [2.45, 2.75) is 6.42 Å². The summed E-state index contributed by atoms with van der Waals surface area (Å²) in [5.74, 6) is -0.0190. The molecule has 1 saturated heterocycles. The molecule has 4 rings (SSSR count). The van der Waals surface area contributed by atoms with Crippen molar-refractivity contribution in [1.82, 2.24) is 4.90 Å². The minimum absolute atomic E-state index is 0.124. The second kappa shape index (κ2) is 10.2. The number of rotatable bonds is 5. The molecule has 3 aromatic carbocycles. The predicted octanol–water partition coefficient (Wildman–Crippen LogP) is 4.44. The average Bonchev–Trinajstić information content (AvgIpc) is 3.11. The second-order valence-electron chi connectivity index (χ2n) is 7.84. The fraction of sp³-hybridized carbons (Fsp3) is 0.231. The predicted molar refractivity (Wildman–Crippen MR) is 127 cm³/mol. The standard InChI is InChI=1S/C26H26FN3O3/c1-33-22-13-7-19(8-14-22)25(31)28-24-6-3-2-5-23(24)26(32)30-16-4-15-29(17-18-30)21-11-9-20(27)10-12-21/h2-3,5-14H,4,15-18H2,1H3,(H,28,31). The highest BCUT2D eigenvalue weighted by molar-refractivity contribution is 6.09. The number of anilines is 2. The molecular weight excluding hydrogens is 421 g/mol. The van der Waals surface area contributed by atoms with Gasteiger partial charge in [0.15, 0.2) is 0 Å². The molecule has 0 radical (unpaired) electrons. The minimum atomic E-state index is -0.295. The summed E-state index contributed by atoms with van der Waals surface area (Å²) in [7, 11) is 1.57. The molecule has 0 spiro atoms. The van der Waals surface area contributed by atoms with Crippen molar-refractivity contribution in [3.05, 3.63) is 89.7 Å². The molecular formula is C26H26FN3O3. The Morgan fingerprint density at radius 2 is 1.61 bits per heavy atom. The summed E-state index contributed by atoms with van der Waals surface area (Å²) in [6, 6.07) is 20.3. The first-order chi connectivity index (χ1) is 16.0. The number of hydrogen-bond acceptors (Lipinski definition) is 4. The number of ether oxygens (including phenoxy) is 1. The molecule has 1 aliphatic rings. The first kappa shape index (κ1) is 22.3. The van der Waals surface area contributed by atoms with Crippen LogP contribution in [-0.4, -0.2) is 50.0 Å². The summed E-state index contributed by atoms with van der Waals surface area (Å²) in [6.45, 7) is 2.58. The van der Waals surface area contributed by atoms with Crippen LogP contribution in [0.3, 0.4) is 0 Å². The van der Waals surface area contributed by atoms with Gasteiger partial charge in [-0.05, 0) is 67.1 Å².